The molecule has 1 aromatic heterocycles. The second kappa shape index (κ2) is 11.7. The number of halogens is 2. The van der Waals surface area contributed by atoms with E-state index in [4.69, 9.17) is 32.7 Å². The van der Waals surface area contributed by atoms with Crippen molar-refractivity contribution in [1.29, 1.82) is 0 Å². The number of anilines is 3. The third-order valence-electron chi connectivity index (χ3n) is 6.06. The molecule has 1 heterocycles. The Morgan fingerprint density at radius 2 is 1.79 bits per heavy atom. The van der Waals surface area contributed by atoms with Gasteiger partial charge in [-0.25, -0.2) is 9.97 Å². The van der Waals surface area contributed by atoms with Crippen molar-refractivity contribution in [3.05, 3.63) is 76.4 Å². The van der Waals surface area contributed by atoms with Gasteiger partial charge in [0.15, 0.2) is 0 Å². The first kappa shape index (κ1) is 27.2. The van der Waals surface area contributed by atoms with Crippen LogP contribution in [-0.4, -0.2) is 30.1 Å². The molecule has 196 valence electrons. The first-order chi connectivity index (χ1) is 18.3. The number of ether oxygens (including phenoxy) is 2. The van der Waals surface area contributed by atoms with Gasteiger partial charge in [-0.15, -0.1) is 0 Å². The summed E-state index contributed by atoms with van der Waals surface area (Å²) in [7, 11) is 3.07. The highest BCUT2D eigenvalue weighted by atomic mass is 35.5. The molecule has 3 aromatic carbocycles. The van der Waals surface area contributed by atoms with Crippen molar-refractivity contribution >= 4 is 57.3 Å². The number of carbonyl (C=O) groups excluding carboxylic acids is 1. The third-order valence-corrected chi connectivity index (χ3v) is 6.81. The Morgan fingerprint density at radius 1 is 1.08 bits per heavy atom. The van der Waals surface area contributed by atoms with E-state index in [-0.39, 0.29) is 5.91 Å². The van der Waals surface area contributed by atoms with Crippen molar-refractivity contribution in [3.8, 4) is 22.6 Å². The van der Waals surface area contributed by atoms with Crippen molar-refractivity contribution in [2.75, 3.05) is 24.9 Å². The molecule has 2 N–H and O–H groups in total. The van der Waals surface area contributed by atoms with E-state index in [1.54, 1.807) is 12.3 Å². The highest BCUT2D eigenvalue weighted by Gasteiger charge is 2.19. The molecule has 0 aliphatic heterocycles. The van der Waals surface area contributed by atoms with Gasteiger partial charge in [0, 0.05) is 23.2 Å². The highest BCUT2D eigenvalue weighted by molar-refractivity contribution is 6.41. The van der Waals surface area contributed by atoms with Gasteiger partial charge in [-0.3, -0.25) is 4.79 Å². The third kappa shape index (κ3) is 5.54. The fraction of sp³-hybridized carbons (Fsp3) is 0.207. The predicted octanol–water partition coefficient (Wildman–Crippen LogP) is 7.75. The summed E-state index contributed by atoms with van der Waals surface area (Å²) >= 11 is 13.2. The van der Waals surface area contributed by atoms with Gasteiger partial charge in [-0.05, 0) is 54.3 Å². The number of carbonyl (C=O) groups is 1. The largest absolute Gasteiger partial charge is 0.495 e. The maximum absolute atomic E-state index is 12.1. The lowest BCUT2D eigenvalue weighted by atomic mass is 10.0. The molecule has 7 nitrogen and oxygen atoms in total. The fourth-order valence-electron chi connectivity index (χ4n) is 4.24. The molecule has 1 amide bonds. The van der Waals surface area contributed by atoms with Crippen LogP contribution in [0.15, 0.2) is 55.3 Å². The van der Waals surface area contributed by atoms with E-state index >= 15 is 0 Å². The number of fused-ring (bicyclic) bond motifs is 1. The van der Waals surface area contributed by atoms with Gasteiger partial charge in [0.05, 0.1) is 41.2 Å². The van der Waals surface area contributed by atoms with Crippen LogP contribution in [0, 0.1) is 6.92 Å². The first-order valence-electron chi connectivity index (χ1n) is 12.0. The number of aromatic nitrogens is 2. The van der Waals surface area contributed by atoms with Gasteiger partial charge >= 0.3 is 0 Å². The number of methoxy groups -OCH3 is 2. The number of rotatable bonds is 9. The summed E-state index contributed by atoms with van der Waals surface area (Å²) in [5.74, 6) is 1.02. The van der Waals surface area contributed by atoms with Crippen LogP contribution in [0.3, 0.4) is 0 Å². The highest BCUT2D eigenvalue weighted by Crippen LogP contribution is 2.46. The molecule has 38 heavy (non-hydrogen) atoms. The van der Waals surface area contributed by atoms with Gasteiger partial charge < -0.3 is 20.1 Å². The molecule has 4 aromatic rings. The summed E-state index contributed by atoms with van der Waals surface area (Å²) in [6.07, 6.45) is 4.86. The van der Waals surface area contributed by atoms with E-state index in [0.717, 1.165) is 40.6 Å². The molecule has 0 saturated heterocycles. The molecule has 0 saturated carbocycles. The first-order valence-corrected chi connectivity index (χ1v) is 12.8. The summed E-state index contributed by atoms with van der Waals surface area (Å²) in [6.45, 7) is 7.65. The SMILES string of the molecule is C=CC(=O)Nc1cc(CCC)cc(C)c1Nc1ncc2cc(-c3c(Cl)c(OC)cc(OC)c3Cl)ccc2n1. The molecule has 0 atom stereocenters. The smallest absolute Gasteiger partial charge is 0.247 e. The van der Waals surface area contributed by atoms with E-state index < -0.39 is 0 Å². The van der Waals surface area contributed by atoms with Crippen LogP contribution >= 0.6 is 23.2 Å². The van der Waals surface area contributed by atoms with Crippen molar-refractivity contribution in [1.82, 2.24) is 9.97 Å². The van der Waals surface area contributed by atoms with Crippen LogP contribution in [0.5, 0.6) is 11.5 Å². The van der Waals surface area contributed by atoms with Gasteiger partial charge in [0.2, 0.25) is 11.9 Å². The van der Waals surface area contributed by atoms with Crippen molar-refractivity contribution in [2.45, 2.75) is 26.7 Å². The fourth-order valence-corrected chi connectivity index (χ4v) is 4.96. The summed E-state index contributed by atoms with van der Waals surface area (Å²) in [5.41, 5.74) is 5.54. The Balaban J connectivity index is 1.73. The number of benzene rings is 3. The Bertz CT molecular complexity index is 1510. The summed E-state index contributed by atoms with van der Waals surface area (Å²) in [5, 5.41) is 7.73. The van der Waals surface area contributed by atoms with Crippen LogP contribution in [0.2, 0.25) is 10.0 Å². The minimum absolute atomic E-state index is 0.292. The number of aryl methyl sites for hydroxylation is 2. The van der Waals surface area contributed by atoms with E-state index in [0.29, 0.717) is 44.3 Å². The molecule has 0 unspecified atom stereocenters. The second-order valence-electron chi connectivity index (χ2n) is 8.65. The summed E-state index contributed by atoms with van der Waals surface area (Å²) in [6, 6.07) is 11.4. The van der Waals surface area contributed by atoms with E-state index in [2.05, 4.69) is 40.2 Å². The molecule has 4 rings (SSSR count). The van der Waals surface area contributed by atoms with Crippen molar-refractivity contribution in [3.63, 3.8) is 0 Å². The zero-order valence-corrected chi connectivity index (χ0v) is 23.1. The Labute approximate surface area is 231 Å². The zero-order chi connectivity index (χ0) is 27.4. The van der Waals surface area contributed by atoms with E-state index in [1.807, 2.05) is 31.2 Å². The number of nitrogens with one attached hydrogen (secondary N) is 2. The number of nitrogens with zero attached hydrogens (tertiary/aromatic N) is 2. The van der Waals surface area contributed by atoms with Crippen LogP contribution in [0.4, 0.5) is 17.3 Å². The van der Waals surface area contributed by atoms with Crippen LogP contribution in [0.1, 0.15) is 24.5 Å². The summed E-state index contributed by atoms with van der Waals surface area (Å²) < 4.78 is 10.8. The second-order valence-corrected chi connectivity index (χ2v) is 9.41. The molecule has 9 heteroatoms. The molecule has 0 bridgehead atoms. The quantitative estimate of drug-likeness (QED) is 0.207. The van der Waals surface area contributed by atoms with E-state index in [1.165, 1.54) is 20.3 Å². The monoisotopic (exact) mass is 550 g/mol. The Hall–Kier alpha value is -3.81. The Kier molecular flexibility index (Phi) is 8.39. The molecule has 0 spiro atoms. The van der Waals surface area contributed by atoms with Crippen LogP contribution in [0.25, 0.3) is 22.0 Å². The lowest BCUT2D eigenvalue weighted by molar-refractivity contribution is -0.111. The molecule has 0 aliphatic rings. The molecule has 0 aliphatic carbocycles. The van der Waals surface area contributed by atoms with E-state index in [9.17, 15) is 4.79 Å². The normalized spacial score (nSPS) is 10.8. The maximum Gasteiger partial charge on any atom is 0.247 e. The number of amides is 1. The lowest BCUT2D eigenvalue weighted by Gasteiger charge is -2.17. The minimum atomic E-state index is -0.292. The van der Waals surface area contributed by atoms with Gasteiger partial charge in [0.1, 0.15) is 11.5 Å². The van der Waals surface area contributed by atoms with Crippen LogP contribution < -0.4 is 20.1 Å². The molecule has 0 radical (unpaired) electrons. The molecule has 0 fully saturated rings. The van der Waals surface area contributed by atoms with Crippen LogP contribution in [-0.2, 0) is 11.2 Å². The summed E-state index contributed by atoms with van der Waals surface area (Å²) in [4.78, 5) is 21.3. The zero-order valence-electron chi connectivity index (χ0n) is 21.6. The van der Waals surface area contributed by atoms with Gasteiger partial charge in [-0.1, -0.05) is 55.3 Å². The molecular weight excluding hydrogens is 523 g/mol. The standard InChI is InChI=1S/C29H28Cl2N4O3/c1-6-8-17-11-16(3)28(21(12-17)33-24(36)7-2)35-29-32-15-19-13-18(9-10-20(19)34-29)25-26(30)22(37-4)14-23(38-5)27(25)31/h7,9-15H,2,6,8H2,1,3-5H3,(H,33,36)(H,32,34,35). The predicted molar refractivity (Wildman–Crippen MR) is 155 cm³/mol. The maximum atomic E-state index is 12.1. The average Bonchev–Trinajstić information content (AvgIpc) is 2.91. The lowest BCUT2D eigenvalue weighted by Crippen LogP contribution is -2.11. The average molecular weight is 551 g/mol. The topological polar surface area (TPSA) is 85.4 Å². The van der Waals surface area contributed by atoms with Gasteiger partial charge in [0.25, 0.3) is 0 Å². The van der Waals surface area contributed by atoms with Gasteiger partial charge in [-0.2, -0.15) is 0 Å². The number of hydrogen-bond donors (Lipinski definition) is 2. The van der Waals surface area contributed by atoms with Crippen molar-refractivity contribution in [2.24, 2.45) is 0 Å². The number of hydrogen-bond acceptors (Lipinski definition) is 6. The molecular formula is C29H28Cl2N4O3. The minimum Gasteiger partial charge on any atom is -0.495 e. The Morgan fingerprint density at radius 3 is 2.42 bits per heavy atom. The van der Waals surface area contributed by atoms with Crippen molar-refractivity contribution < 1.29 is 14.3 Å².